The Bertz CT molecular complexity index is 840. The van der Waals surface area contributed by atoms with E-state index in [4.69, 9.17) is 4.74 Å². The van der Waals surface area contributed by atoms with Crippen LogP contribution in [0.15, 0.2) is 35.8 Å². The van der Waals surface area contributed by atoms with E-state index in [1.54, 1.807) is 18.4 Å². The Morgan fingerprint density at radius 2 is 2.18 bits per heavy atom. The average molecular weight is 398 g/mol. The van der Waals surface area contributed by atoms with Gasteiger partial charge in [-0.3, -0.25) is 4.79 Å². The van der Waals surface area contributed by atoms with Crippen molar-refractivity contribution in [1.82, 2.24) is 9.88 Å². The van der Waals surface area contributed by atoms with E-state index in [9.17, 15) is 4.79 Å². The van der Waals surface area contributed by atoms with Crippen molar-refractivity contribution in [2.75, 3.05) is 25.1 Å². The molecule has 3 fully saturated rings. The molecule has 148 valence electrons. The summed E-state index contributed by atoms with van der Waals surface area (Å²) in [7, 11) is 1.71. The van der Waals surface area contributed by atoms with E-state index in [2.05, 4.69) is 38.4 Å². The van der Waals surface area contributed by atoms with Gasteiger partial charge in [0.25, 0.3) is 0 Å². The Hall–Kier alpha value is -2.08. The van der Waals surface area contributed by atoms with Crippen molar-refractivity contribution in [3.8, 4) is 5.75 Å². The number of hydrogen-bond donors (Lipinski definition) is 0. The average Bonchev–Trinajstić information content (AvgIpc) is 3.26. The van der Waals surface area contributed by atoms with Gasteiger partial charge in [-0.25, -0.2) is 4.98 Å². The highest BCUT2D eigenvalue weighted by Crippen LogP contribution is 2.43. The first-order valence-electron chi connectivity index (χ1n) is 10.3. The summed E-state index contributed by atoms with van der Waals surface area (Å²) < 4.78 is 5.42. The van der Waals surface area contributed by atoms with Gasteiger partial charge in [0.1, 0.15) is 5.75 Å². The number of methoxy groups -OCH3 is 1. The zero-order chi connectivity index (χ0) is 19.1. The van der Waals surface area contributed by atoms with Crippen LogP contribution in [0, 0.1) is 11.8 Å². The molecule has 6 heteroatoms. The number of carbonyl (C=O) groups is 1. The molecule has 3 saturated heterocycles. The summed E-state index contributed by atoms with van der Waals surface area (Å²) in [6.45, 7) is 2.03. The maximum Gasteiger partial charge on any atom is 0.223 e. The molecule has 0 aliphatic carbocycles. The molecule has 1 aromatic heterocycles. The molecule has 0 N–H and O–H groups in total. The Kier molecular flexibility index (Phi) is 4.75. The highest BCUT2D eigenvalue weighted by atomic mass is 32.1. The number of carbonyl (C=O) groups excluding carboxylic acids is 1. The molecule has 1 aromatic carbocycles. The fourth-order valence-corrected chi connectivity index (χ4v) is 6.27. The van der Waals surface area contributed by atoms with Gasteiger partial charge in [-0.15, -0.1) is 11.3 Å². The van der Waals surface area contributed by atoms with Crippen LogP contribution in [-0.2, 0) is 11.2 Å². The molecule has 5 nitrogen and oxygen atoms in total. The smallest absolute Gasteiger partial charge is 0.223 e. The maximum atomic E-state index is 13.0. The zero-order valence-corrected chi connectivity index (χ0v) is 17.1. The number of ether oxygens (including phenoxy) is 1. The van der Waals surface area contributed by atoms with Gasteiger partial charge in [-0.05, 0) is 55.2 Å². The van der Waals surface area contributed by atoms with Gasteiger partial charge in [0.15, 0.2) is 5.13 Å². The third-order valence-corrected chi connectivity index (χ3v) is 7.60. The predicted molar refractivity (Wildman–Crippen MR) is 111 cm³/mol. The van der Waals surface area contributed by atoms with Crippen LogP contribution >= 0.6 is 11.3 Å². The molecule has 4 atom stereocenters. The molecule has 0 radical (unpaired) electrons. The number of thiazole rings is 1. The molecule has 0 spiro atoms. The van der Waals surface area contributed by atoms with Crippen molar-refractivity contribution >= 4 is 22.4 Å². The summed E-state index contributed by atoms with van der Waals surface area (Å²) in [5.74, 6) is 2.31. The van der Waals surface area contributed by atoms with Crippen molar-refractivity contribution in [2.24, 2.45) is 11.8 Å². The van der Waals surface area contributed by atoms with Gasteiger partial charge < -0.3 is 14.5 Å². The minimum absolute atomic E-state index is 0.268. The molecular weight excluding hydrogens is 370 g/mol. The topological polar surface area (TPSA) is 45.7 Å². The number of anilines is 1. The molecule has 2 aromatic rings. The molecule has 0 saturated carbocycles. The number of piperidine rings is 3. The first-order chi connectivity index (χ1) is 13.7. The SMILES string of the molecule is COc1cccc(C[C@H]2[C@H]3C[C@H](CN(c4nccs4)C3)[C@@H]3CCCC(=O)N32)c1. The number of nitrogens with zero attached hydrogens (tertiary/aromatic N) is 3. The Labute approximate surface area is 170 Å². The quantitative estimate of drug-likeness (QED) is 0.791. The molecule has 5 rings (SSSR count). The minimum atomic E-state index is 0.268. The fourth-order valence-electron chi connectivity index (χ4n) is 5.61. The predicted octanol–water partition coefficient (Wildman–Crippen LogP) is 3.60. The second kappa shape index (κ2) is 7.39. The van der Waals surface area contributed by atoms with Gasteiger partial charge >= 0.3 is 0 Å². The van der Waals surface area contributed by atoms with Gasteiger partial charge in [-0.2, -0.15) is 0 Å². The number of aromatic nitrogens is 1. The van der Waals surface area contributed by atoms with Crippen LogP contribution in [-0.4, -0.2) is 48.1 Å². The van der Waals surface area contributed by atoms with Crippen LogP contribution in [0.25, 0.3) is 0 Å². The van der Waals surface area contributed by atoms with E-state index in [1.165, 1.54) is 12.0 Å². The van der Waals surface area contributed by atoms with E-state index in [0.717, 1.165) is 43.2 Å². The molecule has 1 amide bonds. The van der Waals surface area contributed by atoms with Crippen molar-refractivity contribution in [3.05, 3.63) is 41.4 Å². The Balaban J connectivity index is 1.46. The standard InChI is InChI=1S/C22H27N3O2S/c1-27-18-5-2-4-15(10-18)11-20-17-12-16(19-6-3-7-21(26)25(19)20)13-24(14-17)22-23-8-9-28-22/h2,4-5,8-10,16-17,19-20H,3,6-7,11-14H2,1H3/t16-,17+,19+,20+/m1/s1. The molecule has 3 aliphatic heterocycles. The Morgan fingerprint density at radius 3 is 3.00 bits per heavy atom. The summed E-state index contributed by atoms with van der Waals surface area (Å²) in [6.07, 6.45) is 6.91. The highest BCUT2D eigenvalue weighted by Gasteiger charge is 2.49. The third-order valence-electron chi connectivity index (χ3n) is 6.77. The van der Waals surface area contributed by atoms with Crippen LogP contribution in [0.1, 0.15) is 31.2 Å². The largest absolute Gasteiger partial charge is 0.497 e. The third kappa shape index (κ3) is 3.17. The van der Waals surface area contributed by atoms with Gasteiger partial charge in [0.05, 0.1) is 7.11 Å². The molecule has 4 heterocycles. The van der Waals surface area contributed by atoms with Gasteiger partial charge in [0, 0.05) is 43.2 Å². The van der Waals surface area contributed by atoms with Crippen molar-refractivity contribution < 1.29 is 9.53 Å². The molecule has 0 unspecified atom stereocenters. The lowest BCUT2D eigenvalue weighted by molar-refractivity contribution is -0.148. The minimum Gasteiger partial charge on any atom is -0.497 e. The number of hydrogen-bond acceptors (Lipinski definition) is 5. The summed E-state index contributed by atoms with van der Waals surface area (Å²) in [5.41, 5.74) is 1.26. The van der Waals surface area contributed by atoms with E-state index >= 15 is 0 Å². The first-order valence-corrected chi connectivity index (χ1v) is 11.2. The molecule has 3 aliphatic rings. The lowest BCUT2D eigenvalue weighted by atomic mass is 9.71. The van der Waals surface area contributed by atoms with Crippen LogP contribution in [0.3, 0.4) is 0 Å². The van der Waals surface area contributed by atoms with Crippen molar-refractivity contribution in [3.63, 3.8) is 0 Å². The molecular formula is C22H27N3O2S. The number of fused-ring (bicyclic) bond motifs is 4. The monoisotopic (exact) mass is 397 g/mol. The second-order valence-corrected chi connectivity index (χ2v) is 9.23. The lowest BCUT2D eigenvalue weighted by Gasteiger charge is -2.56. The summed E-state index contributed by atoms with van der Waals surface area (Å²) in [6, 6.07) is 8.98. The normalized spacial score (nSPS) is 29.5. The van der Waals surface area contributed by atoms with E-state index in [-0.39, 0.29) is 6.04 Å². The van der Waals surface area contributed by atoms with Crippen molar-refractivity contribution in [1.29, 1.82) is 0 Å². The van der Waals surface area contributed by atoms with E-state index in [1.807, 2.05) is 12.3 Å². The maximum absolute atomic E-state index is 13.0. The number of rotatable bonds is 4. The molecule has 28 heavy (non-hydrogen) atoms. The summed E-state index contributed by atoms with van der Waals surface area (Å²) >= 11 is 1.73. The fraction of sp³-hybridized carbons (Fsp3) is 0.545. The second-order valence-electron chi connectivity index (χ2n) is 8.36. The summed E-state index contributed by atoms with van der Waals surface area (Å²) in [4.78, 5) is 22.3. The van der Waals surface area contributed by atoms with Crippen LogP contribution in [0.4, 0.5) is 5.13 Å². The van der Waals surface area contributed by atoms with Gasteiger partial charge in [0.2, 0.25) is 5.91 Å². The molecule has 2 bridgehead atoms. The zero-order valence-electron chi connectivity index (χ0n) is 16.3. The van der Waals surface area contributed by atoms with Crippen LogP contribution in [0.5, 0.6) is 5.75 Å². The first kappa shape index (κ1) is 18.0. The Morgan fingerprint density at radius 1 is 1.29 bits per heavy atom. The lowest BCUT2D eigenvalue weighted by Crippen LogP contribution is -2.65. The van der Waals surface area contributed by atoms with E-state index < -0.39 is 0 Å². The van der Waals surface area contributed by atoms with Crippen LogP contribution < -0.4 is 9.64 Å². The summed E-state index contributed by atoms with van der Waals surface area (Å²) in [5, 5.41) is 3.19. The number of benzene rings is 1. The van der Waals surface area contributed by atoms with Gasteiger partial charge in [-0.1, -0.05) is 12.1 Å². The number of amides is 1. The van der Waals surface area contributed by atoms with E-state index in [0.29, 0.717) is 30.2 Å². The highest BCUT2D eigenvalue weighted by molar-refractivity contribution is 7.13. The van der Waals surface area contributed by atoms with Crippen LogP contribution in [0.2, 0.25) is 0 Å². The van der Waals surface area contributed by atoms with Crippen molar-refractivity contribution in [2.45, 2.75) is 44.2 Å².